The molecular weight excluding hydrogens is 192 g/mol. The standard InChI is InChI=1S/C11H24N2O2/c1-4-15-8-10(14)13-9-11(2,3)6-5-7-12/h4-9,12H2,1-3H3,(H,13,14). The molecular formula is C11H24N2O2. The van der Waals surface area contributed by atoms with E-state index in [1.807, 2.05) is 6.92 Å². The molecule has 15 heavy (non-hydrogen) atoms. The smallest absolute Gasteiger partial charge is 0.246 e. The van der Waals surface area contributed by atoms with E-state index in [2.05, 4.69) is 19.2 Å². The Hall–Kier alpha value is -0.610. The number of amides is 1. The Balaban J connectivity index is 3.67. The van der Waals surface area contributed by atoms with Crippen LogP contribution in [0.4, 0.5) is 0 Å². The van der Waals surface area contributed by atoms with Crippen LogP contribution in [0.2, 0.25) is 0 Å². The molecule has 0 heterocycles. The molecule has 0 unspecified atom stereocenters. The van der Waals surface area contributed by atoms with E-state index < -0.39 is 0 Å². The molecule has 90 valence electrons. The summed E-state index contributed by atoms with van der Waals surface area (Å²) in [4.78, 5) is 11.3. The molecule has 0 aromatic carbocycles. The average molecular weight is 216 g/mol. The highest BCUT2D eigenvalue weighted by molar-refractivity contribution is 5.77. The highest BCUT2D eigenvalue weighted by atomic mass is 16.5. The van der Waals surface area contributed by atoms with Gasteiger partial charge in [-0.25, -0.2) is 0 Å². The normalized spacial score (nSPS) is 11.5. The van der Waals surface area contributed by atoms with Crippen LogP contribution in [-0.2, 0) is 9.53 Å². The number of rotatable bonds is 8. The topological polar surface area (TPSA) is 64.3 Å². The van der Waals surface area contributed by atoms with E-state index in [-0.39, 0.29) is 17.9 Å². The van der Waals surface area contributed by atoms with E-state index in [4.69, 9.17) is 10.5 Å². The largest absolute Gasteiger partial charge is 0.372 e. The molecule has 1 amide bonds. The maximum atomic E-state index is 11.3. The third kappa shape index (κ3) is 8.39. The predicted octanol–water partition coefficient (Wildman–Crippen LogP) is 0.904. The van der Waals surface area contributed by atoms with Gasteiger partial charge in [0.05, 0.1) is 0 Å². The maximum Gasteiger partial charge on any atom is 0.246 e. The van der Waals surface area contributed by atoms with Gasteiger partial charge in [-0.2, -0.15) is 0 Å². The zero-order chi connectivity index (χ0) is 11.7. The fourth-order valence-electron chi connectivity index (χ4n) is 1.25. The first-order valence-electron chi connectivity index (χ1n) is 5.56. The molecule has 0 atom stereocenters. The Morgan fingerprint density at radius 1 is 1.47 bits per heavy atom. The summed E-state index contributed by atoms with van der Waals surface area (Å²) >= 11 is 0. The predicted molar refractivity (Wildman–Crippen MR) is 61.6 cm³/mol. The summed E-state index contributed by atoms with van der Waals surface area (Å²) in [6.45, 7) is 8.24. The number of nitrogens with two attached hydrogens (primary N) is 1. The van der Waals surface area contributed by atoms with Crippen LogP contribution in [0.1, 0.15) is 33.6 Å². The highest BCUT2D eigenvalue weighted by Gasteiger charge is 2.17. The second-order valence-corrected chi connectivity index (χ2v) is 4.47. The lowest BCUT2D eigenvalue weighted by Crippen LogP contribution is -2.36. The van der Waals surface area contributed by atoms with Gasteiger partial charge < -0.3 is 15.8 Å². The molecule has 0 bridgehead atoms. The van der Waals surface area contributed by atoms with Crippen molar-refractivity contribution in [3.63, 3.8) is 0 Å². The van der Waals surface area contributed by atoms with Crippen LogP contribution in [-0.4, -0.2) is 32.2 Å². The summed E-state index contributed by atoms with van der Waals surface area (Å²) < 4.78 is 5.01. The Kier molecular flexibility index (Phi) is 7.34. The van der Waals surface area contributed by atoms with Gasteiger partial charge in [0, 0.05) is 13.2 Å². The summed E-state index contributed by atoms with van der Waals surface area (Å²) in [6, 6.07) is 0. The highest BCUT2D eigenvalue weighted by Crippen LogP contribution is 2.20. The van der Waals surface area contributed by atoms with E-state index in [0.29, 0.717) is 19.7 Å². The minimum atomic E-state index is -0.0438. The van der Waals surface area contributed by atoms with E-state index >= 15 is 0 Å². The summed E-state index contributed by atoms with van der Waals surface area (Å²) in [5.74, 6) is -0.0438. The molecule has 4 nitrogen and oxygen atoms in total. The van der Waals surface area contributed by atoms with Gasteiger partial charge in [0.15, 0.2) is 0 Å². The van der Waals surface area contributed by atoms with Crippen LogP contribution in [0.3, 0.4) is 0 Å². The molecule has 0 radical (unpaired) electrons. The van der Waals surface area contributed by atoms with Crippen LogP contribution in [0.25, 0.3) is 0 Å². The molecule has 4 heteroatoms. The van der Waals surface area contributed by atoms with E-state index in [1.165, 1.54) is 0 Å². The molecule has 0 aliphatic heterocycles. The van der Waals surface area contributed by atoms with E-state index in [0.717, 1.165) is 12.8 Å². The van der Waals surface area contributed by atoms with Gasteiger partial charge in [-0.1, -0.05) is 13.8 Å². The van der Waals surface area contributed by atoms with Gasteiger partial charge >= 0.3 is 0 Å². The number of ether oxygens (including phenoxy) is 1. The number of hydrogen-bond acceptors (Lipinski definition) is 3. The van der Waals surface area contributed by atoms with E-state index in [1.54, 1.807) is 0 Å². The van der Waals surface area contributed by atoms with Crippen LogP contribution in [0.15, 0.2) is 0 Å². The van der Waals surface area contributed by atoms with Gasteiger partial charge in [-0.3, -0.25) is 4.79 Å². The van der Waals surface area contributed by atoms with Crippen molar-refractivity contribution in [2.24, 2.45) is 11.1 Å². The monoisotopic (exact) mass is 216 g/mol. The molecule has 0 saturated carbocycles. The van der Waals surface area contributed by atoms with Crippen molar-refractivity contribution >= 4 is 5.91 Å². The zero-order valence-corrected chi connectivity index (χ0v) is 10.1. The lowest BCUT2D eigenvalue weighted by Gasteiger charge is -2.24. The second kappa shape index (κ2) is 7.65. The van der Waals surface area contributed by atoms with Crippen molar-refractivity contribution in [1.29, 1.82) is 0 Å². The molecule has 0 aliphatic rings. The quantitative estimate of drug-likeness (QED) is 0.633. The van der Waals surface area contributed by atoms with Gasteiger partial charge in [0.25, 0.3) is 0 Å². The lowest BCUT2D eigenvalue weighted by molar-refractivity contribution is -0.126. The first kappa shape index (κ1) is 14.4. The van der Waals surface area contributed by atoms with Gasteiger partial charge in [0.2, 0.25) is 5.91 Å². The number of nitrogens with one attached hydrogen (secondary N) is 1. The fraction of sp³-hybridized carbons (Fsp3) is 0.909. The lowest BCUT2D eigenvalue weighted by atomic mass is 9.88. The van der Waals surface area contributed by atoms with Gasteiger partial charge in [0.1, 0.15) is 6.61 Å². The van der Waals surface area contributed by atoms with E-state index in [9.17, 15) is 4.79 Å². The average Bonchev–Trinajstić information content (AvgIpc) is 2.21. The summed E-state index contributed by atoms with van der Waals surface area (Å²) in [5.41, 5.74) is 5.56. The first-order valence-corrected chi connectivity index (χ1v) is 5.56. The zero-order valence-electron chi connectivity index (χ0n) is 10.1. The van der Waals surface area contributed by atoms with Crippen LogP contribution < -0.4 is 11.1 Å². The Labute approximate surface area is 92.6 Å². The molecule has 0 spiro atoms. The van der Waals surface area contributed by atoms with Crippen molar-refractivity contribution in [1.82, 2.24) is 5.32 Å². The Morgan fingerprint density at radius 3 is 2.67 bits per heavy atom. The third-order valence-corrected chi connectivity index (χ3v) is 2.26. The SMILES string of the molecule is CCOCC(=O)NCC(C)(C)CCCN. The van der Waals surface area contributed by atoms with Crippen LogP contribution in [0.5, 0.6) is 0 Å². The number of hydrogen-bond donors (Lipinski definition) is 2. The molecule has 0 aromatic heterocycles. The van der Waals surface area contributed by atoms with Crippen molar-refractivity contribution in [3.8, 4) is 0 Å². The molecule has 0 saturated heterocycles. The Morgan fingerprint density at radius 2 is 2.13 bits per heavy atom. The maximum absolute atomic E-state index is 11.3. The summed E-state index contributed by atoms with van der Waals surface area (Å²) in [6.07, 6.45) is 2.02. The van der Waals surface area contributed by atoms with Crippen LogP contribution >= 0.6 is 0 Å². The summed E-state index contributed by atoms with van der Waals surface area (Å²) in [5, 5.41) is 2.86. The molecule has 0 aliphatic carbocycles. The number of carbonyl (C=O) groups is 1. The summed E-state index contributed by atoms with van der Waals surface area (Å²) in [7, 11) is 0. The molecule has 0 aromatic rings. The molecule has 3 N–H and O–H groups in total. The molecule has 0 fully saturated rings. The molecule has 0 rings (SSSR count). The third-order valence-electron chi connectivity index (χ3n) is 2.26. The fourth-order valence-corrected chi connectivity index (χ4v) is 1.25. The van der Waals surface area contributed by atoms with Gasteiger partial charge in [-0.05, 0) is 31.7 Å². The minimum absolute atomic E-state index is 0.0438. The van der Waals surface area contributed by atoms with Gasteiger partial charge in [-0.15, -0.1) is 0 Å². The number of carbonyl (C=O) groups excluding carboxylic acids is 1. The van der Waals surface area contributed by atoms with Crippen molar-refractivity contribution in [2.75, 3.05) is 26.3 Å². The van der Waals surface area contributed by atoms with Crippen molar-refractivity contribution < 1.29 is 9.53 Å². The minimum Gasteiger partial charge on any atom is -0.372 e. The first-order chi connectivity index (χ1) is 7.02. The van der Waals surface area contributed by atoms with Crippen molar-refractivity contribution in [2.45, 2.75) is 33.6 Å². The second-order valence-electron chi connectivity index (χ2n) is 4.47. The van der Waals surface area contributed by atoms with Crippen molar-refractivity contribution in [3.05, 3.63) is 0 Å². The van der Waals surface area contributed by atoms with Crippen LogP contribution in [0, 0.1) is 5.41 Å². The Bertz CT molecular complexity index is 181.